The maximum atomic E-state index is 11.7. The first-order chi connectivity index (χ1) is 11.5. The summed E-state index contributed by atoms with van der Waals surface area (Å²) in [5.74, 6) is 2.05. The topological polar surface area (TPSA) is 67.4 Å². The van der Waals surface area contributed by atoms with Crippen molar-refractivity contribution in [3.63, 3.8) is 0 Å². The second-order valence-electron chi connectivity index (χ2n) is 8.74. The van der Waals surface area contributed by atoms with Gasteiger partial charge in [0.05, 0.1) is 13.2 Å². The van der Waals surface area contributed by atoms with E-state index in [0.29, 0.717) is 44.6 Å². The molecule has 0 aliphatic rings. The Kier molecular flexibility index (Phi) is 12.2. The molecule has 0 aliphatic heterocycles. The fourth-order valence-electron chi connectivity index (χ4n) is 1.84. The number of carbonyl (C=O) groups is 2. The standard InChI is InChI=1S/C19H38N2O3S/c1-18(2,3)9-7-16(22)20-10-12-24-13-11-21-17(23)8-14-25-15-19(4,5)6/h7-15H2,1-6H3,(H,20,22)(H,21,23). The molecule has 148 valence electrons. The fraction of sp³-hybridized carbons (Fsp3) is 0.895. The molecule has 0 fully saturated rings. The average molecular weight is 375 g/mol. The van der Waals surface area contributed by atoms with Gasteiger partial charge in [-0.3, -0.25) is 9.59 Å². The summed E-state index contributed by atoms with van der Waals surface area (Å²) >= 11 is 1.81. The zero-order valence-corrected chi connectivity index (χ0v) is 17.8. The van der Waals surface area contributed by atoms with Crippen molar-refractivity contribution in [1.82, 2.24) is 10.6 Å². The van der Waals surface area contributed by atoms with Crippen molar-refractivity contribution in [3.05, 3.63) is 0 Å². The van der Waals surface area contributed by atoms with Crippen molar-refractivity contribution in [3.8, 4) is 0 Å². The normalized spacial score (nSPS) is 12.1. The molecule has 0 unspecified atom stereocenters. The number of nitrogens with one attached hydrogen (secondary N) is 2. The minimum absolute atomic E-state index is 0.0691. The Hall–Kier alpha value is -0.750. The van der Waals surface area contributed by atoms with Crippen LogP contribution in [0.1, 0.15) is 60.8 Å². The molecule has 0 heterocycles. The van der Waals surface area contributed by atoms with E-state index in [0.717, 1.165) is 17.9 Å². The van der Waals surface area contributed by atoms with Crippen molar-refractivity contribution in [2.24, 2.45) is 10.8 Å². The highest BCUT2D eigenvalue weighted by molar-refractivity contribution is 7.99. The summed E-state index contributed by atoms with van der Waals surface area (Å²) in [5.41, 5.74) is 0.481. The first-order valence-electron chi connectivity index (χ1n) is 9.18. The molecule has 0 saturated carbocycles. The molecular weight excluding hydrogens is 336 g/mol. The van der Waals surface area contributed by atoms with Crippen LogP contribution in [0.4, 0.5) is 0 Å². The van der Waals surface area contributed by atoms with Crippen molar-refractivity contribution in [2.45, 2.75) is 60.8 Å². The summed E-state index contributed by atoms with van der Waals surface area (Å²) in [6.45, 7) is 14.9. The van der Waals surface area contributed by atoms with Crippen LogP contribution < -0.4 is 10.6 Å². The lowest BCUT2D eigenvalue weighted by molar-refractivity contribution is -0.122. The van der Waals surface area contributed by atoms with Gasteiger partial charge in [0.2, 0.25) is 11.8 Å². The van der Waals surface area contributed by atoms with E-state index in [4.69, 9.17) is 4.74 Å². The smallest absolute Gasteiger partial charge is 0.220 e. The van der Waals surface area contributed by atoms with Crippen LogP contribution in [0, 0.1) is 10.8 Å². The van der Waals surface area contributed by atoms with Crippen molar-refractivity contribution in [2.75, 3.05) is 37.8 Å². The second-order valence-corrected chi connectivity index (χ2v) is 9.84. The van der Waals surface area contributed by atoms with Crippen LogP contribution in [0.3, 0.4) is 0 Å². The van der Waals surface area contributed by atoms with Crippen LogP contribution in [-0.2, 0) is 14.3 Å². The second kappa shape index (κ2) is 12.6. The molecule has 0 aromatic rings. The Morgan fingerprint density at radius 1 is 0.840 bits per heavy atom. The number of hydrogen-bond donors (Lipinski definition) is 2. The highest BCUT2D eigenvalue weighted by Crippen LogP contribution is 2.21. The molecule has 2 N–H and O–H groups in total. The van der Waals surface area contributed by atoms with E-state index in [-0.39, 0.29) is 17.2 Å². The third kappa shape index (κ3) is 19.4. The number of ether oxygens (including phenoxy) is 1. The summed E-state index contributed by atoms with van der Waals surface area (Å²) < 4.78 is 5.42. The Bertz CT molecular complexity index is 387. The van der Waals surface area contributed by atoms with Gasteiger partial charge in [0.25, 0.3) is 0 Å². The van der Waals surface area contributed by atoms with Crippen LogP contribution >= 0.6 is 11.8 Å². The van der Waals surface area contributed by atoms with E-state index in [1.165, 1.54) is 0 Å². The lowest BCUT2D eigenvalue weighted by Crippen LogP contribution is -2.30. The minimum Gasteiger partial charge on any atom is -0.378 e. The van der Waals surface area contributed by atoms with Gasteiger partial charge >= 0.3 is 0 Å². The van der Waals surface area contributed by atoms with Gasteiger partial charge in [-0.25, -0.2) is 0 Å². The van der Waals surface area contributed by atoms with Gasteiger partial charge in [0.15, 0.2) is 0 Å². The number of rotatable bonds is 12. The molecule has 0 aromatic heterocycles. The quantitative estimate of drug-likeness (QED) is 0.515. The molecule has 0 radical (unpaired) electrons. The minimum atomic E-state index is 0.0691. The summed E-state index contributed by atoms with van der Waals surface area (Å²) in [5, 5.41) is 5.70. The Balaban J connectivity index is 3.43. The zero-order valence-electron chi connectivity index (χ0n) is 17.0. The number of thioether (sulfide) groups is 1. The van der Waals surface area contributed by atoms with Crippen molar-refractivity contribution < 1.29 is 14.3 Å². The Morgan fingerprint density at radius 2 is 1.36 bits per heavy atom. The molecule has 0 aliphatic carbocycles. The predicted molar refractivity (Wildman–Crippen MR) is 107 cm³/mol. The lowest BCUT2D eigenvalue weighted by atomic mass is 9.90. The van der Waals surface area contributed by atoms with E-state index in [1.807, 2.05) is 11.8 Å². The summed E-state index contributed by atoms with van der Waals surface area (Å²) in [7, 11) is 0. The maximum Gasteiger partial charge on any atom is 0.220 e. The van der Waals surface area contributed by atoms with Crippen LogP contribution in [0.2, 0.25) is 0 Å². The van der Waals surface area contributed by atoms with Gasteiger partial charge < -0.3 is 15.4 Å². The molecule has 5 nitrogen and oxygen atoms in total. The van der Waals surface area contributed by atoms with Crippen LogP contribution in [0.5, 0.6) is 0 Å². The monoisotopic (exact) mass is 374 g/mol. The molecule has 0 spiro atoms. The fourth-order valence-corrected chi connectivity index (χ4v) is 2.92. The third-order valence-electron chi connectivity index (χ3n) is 3.25. The van der Waals surface area contributed by atoms with E-state index in [1.54, 1.807) is 0 Å². The molecular formula is C19H38N2O3S. The first kappa shape index (κ1) is 24.2. The van der Waals surface area contributed by atoms with E-state index >= 15 is 0 Å². The molecule has 0 rings (SSSR count). The van der Waals surface area contributed by atoms with Crippen LogP contribution in [-0.4, -0.2) is 49.6 Å². The van der Waals surface area contributed by atoms with Crippen molar-refractivity contribution >= 4 is 23.6 Å². The first-order valence-corrected chi connectivity index (χ1v) is 10.3. The van der Waals surface area contributed by atoms with Gasteiger partial charge in [-0.1, -0.05) is 41.5 Å². The number of hydrogen-bond acceptors (Lipinski definition) is 4. The average Bonchev–Trinajstić information content (AvgIpc) is 2.47. The predicted octanol–water partition coefficient (Wildman–Crippen LogP) is 3.23. The van der Waals surface area contributed by atoms with Crippen LogP contribution in [0.15, 0.2) is 0 Å². The summed E-state index contributed by atoms with van der Waals surface area (Å²) in [4.78, 5) is 23.3. The van der Waals surface area contributed by atoms with Gasteiger partial charge in [-0.05, 0) is 23.0 Å². The van der Waals surface area contributed by atoms with Crippen molar-refractivity contribution in [1.29, 1.82) is 0 Å². The molecule has 2 amide bonds. The number of carbonyl (C=O) groups excluding carboxylic acids is 2. The van der Waals surface area contributed by atoms with Gasteiger partial charge in [0.1, 0.15) is 0 Å². The molecule has 0 saturated heterocycles. The number of amides is 2. The van der Waals surface area contributed by atoms with Gasteiger partial charge in [-0.15, -0.1) is 0 Å². The summed E-state index contributed by atoms with van der Waals surface area (Å²) in [6.07, 6.45) is 1.97. The highest BCUT2D eigenvalue weighted by Gasteiger charge is 2.12. The summed E-state index contributed by atoms with van der Waals surface area (Å²) in [6, 6.07) is 0. The maximum absolute atomic E-state index is 11.7. The molecule has 0 aromatic carbocycles. The largest absolute Gasteiger partial charge is 0.378 e. The van der Waals surface area contributed by atoms with E-state index < -0.39 is 0 Å². The Labute approximate surface area is 158 Å². The van der Waals surface area contributed by atoms with Crippen LogP contribution in [0.25, 0.3) is 0 Å². The molecule has 25 heavy (non-hydrogen) atoms. The zero-order chi connectivity index (χ0) is 19.3. The van der Waals surface area contributed by atoms with E-state index in [9.17, 15) is 9.59 Å². The van der Waals surface area contributed by atoms with Gasteiger partial charge in [0, 0.05) is 31.7 Å². The van der Waals surface area contributed by atoms with Gasteiger partial charge in [-0.2, -0.15) is 11.8 Å². The molecule has 0 atom stereocenters. The van der Waals surface area contributed by atoms with E-state index in [2.05, 4.69) is 52.2 Å². The third-order valence-corrected chi connectivity index (χ3v) is 4.81. The molecule has 0 bridgehead atoms. The SMILES string of the molecule is CC(C)(C)CCC(=O)NCCOCCNC(=O)CCSCC(C)(C)C. The molecule has 6 heteroatoms. The highest BCUT2D eigenvalue weighted by atomic mass is 32.2. The lowest BCUT2D eigenvalue weighted by Gasteiger charge is -2.17. The Morgan fingerprint density at radius 3 is 1.84 bits per heavy atom.